The number of aromatic nitrogens is 1. The zero-order chi connectivity index (χ0) is 16.3. The number of methoxy groups -OCH3 is 1. The molecule has 5 nitrogen and oxygen atoms in total. The number of nitrogens with one attached hydrogen (secondary N) is 1. The van der Waals surface area contributed by atoms with Crippen molar-refractivity contribution in [2.45, 2.75) is 6.92 Å². The highest BCUT2D eigenvalue weighted by atomic mass is 35.5. The highest BCUT2D eigenvalue weighted by molar-refractivity contribution is 7.19. The van der Waals surface area contributed by atoms with Gasteiger partial charge in [-0.05, 0) is 12.1 Å². The Kier molecular flexibility index (Phi) is 5.26. The lowest BCUT2D eigenvalue weighted by molar-refractivity contribution is -0.145. The number of rotatable bonds is 5. The minimum absolute atomic E-state index is 0.156. The maximum absolute atomic E-state index is 12.6. The molecule has 0 aliphatic carbocycles. The minimum atomic E-state index is -0.377. The van der Waals surface area contributed by atoms with Crippen molar-refractivity contribution in [2.24, 2.45) is 5.92 Å². The van der Waals surface area contributed by atoms with Crippen LogP contribution in [0.3, 0.4) is 0 Å². The number of nitrogens with zero attached hydrogens (tertiary/aromatic N) is 1. The molecule has 0 saturated heterocycles. The third kappa shape index (κ3) is 3.51. The Morgan fingerprint density at radius 3 is 2.73 bits per heavy atom. The van der Waals surface area contributed by atoms with E-state index in [4.69, 9.17) is 11.6 Å². The maximum Gasteiger partial charge on any atom is 0.310 e. The number of carbonyl (C=O) groups is 2. The number of H-pyrrole nitrogens is 1. The van der Waals surface area contributed by atoms with Gasteiger partial charge in [-0.25, -0.2) is 0 Å². The molecule has 2 aromatic heterocycles. The van der Waals surface area contributed by atoms with Crippen LogP contribution in [0.2, 0.25) is 4.34 Å². The van der Waals surface area contributed by atoms with Crippen LogP contribution >= 0.6 is 22.9 Å². The molecular weight excluding hydrogens is 324 g/mol. The normalized spacial score (nSPS) is 12.0. The summed E-state index contributed by atoms with van der Waals surface area (Å²) in [5, 5.41) is 0. The fourth-order valence-electron chi connectivity index (χ4n) is 2.18. The lowest BCUT2D eigenvalue weighted by atomic mass is 10.1. The lowest BCUT2D eigenvalue weighted by Gasteiger charge is -2.20. The van der Waals surface area contributed by atoms with Crippen molar-refractivity contribution in [3.05, 3.63) is 34.4 Å². The largest absolute Gasteiger partial charge is 0.469 e. The topological polar surface area (TPSA) is 62.4 Å². The molecule has 2 rings (SSSR count). The van der Waals surface area contributed by atoms with E-state index < -0.39 is 0 Å². The molecule has 0 aromatic carbocycles. The zero-order valence-corrected chi connectivity index (χ0v) is 14.1. The summed E-state index contributed by atoms with van der Waals surface area (Å²) in [6.45, 7) is 2.02. The molecule has 7 heteroatoms. The smallest absolute Gasteiger partial charge is 0.310 e. The van der Waals surface area contributed by atoms with Crippen molar-refractivity contribution in [1.29, 1.82) is 0 Å². The Morgan fingerprint density at radius 1 is 1.41 bits per heavy atom. The van der Waals surface area contributed by atoms with Gasteiger partial charge in [-0.15, -0.1) is 11.3 Å². The highest BCUT2D eigenvalue weighted by Gasteiger charge is 2.22. The summed E-state index contributed by atoms with van der Waals surface area (Å²) in [4.78, 5) is 29.4. The van der Waals surface area contributed by atoms with Crippen LogP contribution in [-0.4, -0.2) is 42.5 Å². The predicted octanol–water partition coefficient (Wildman–Crippen LogP) is 3.28. The Balaban J connectivity index is 2.17. The molecule has 0 aliphatic rings. The maximum atomic E-state index is 12.6. The van der Waals surface area contributed by atoms with Crippen LogP contribution in [0.4, 0.5) is 0 Å². The number of hydrogen-bond donors (Lipinski definition) is 1. The number of aromatic amines is 1. The van der Waals surface area contributed by atoms with Gasteiger partial charge < -0.3 is 14.6 Å². The summed E-state index contributed by atoms with van der Waals surface area (Å²) < 4.78 is 5.35. The van der Waals surface area contributed by atoms with E-state index >= 15 is 0 Å². The van der Waals surface area contributed by atoms with Gasteiger partial charge in [-0.1, -0.05) is 18.5 Å². The van der Waals surface area contributed by atoms with Gasteiger partial charge in [-0.3, -0.25) is 9.59 Å². The first kappa shape index (κ1) is 16.6. The molecule has 0 radical (unpaired) electrons. The fourth-order valence-corrected chi connectivity index (χ4v) is 3.25. The first-order valence-corrected chi connectivity index (χ1v) is 7.89. The van der Waals surface area contributed by atoms with E-state index in [1.54, 1.807) is 32.4 Å². The quantitative estimate of drug-likeness (QED) is 0.850. The molecule has 0 spiro atoms. The lowest BCUT2D eigenvalue weighted by Crippen LogP contribution is -2.34. The van der Waals surface area contributed by atoms with Crippen LogP contribution in [0.5, 0.6) is 0 Å². The van der Waals surface area contributed by atoms with Crippen molar-refractivity contribution in [3.8, 4) is 10.4 Å². The molecule has 22 heavy (non-hydrogen) atoms. The number of thiophene rings is 1. The van der Waals surface area contributed by atoms with Crippen molar-refractivity contribution in [3.63, 3.8) is 0 Å². The number of carbonyl (C=O) groups excluding carboxylic acids is 2. The molecule has 0 unspecified atom stereocenters. The van der Waals surface area contributed by atoms with Crippen LogP contribution in [0, 0.1) is 5.92 Å². The summed E-state index contributed by atoms with van der Waals surface area (Å²) in [6, 6.07) is 3.68. The highest BCUT2D eigenvalue weighted by Crippen LogP contribution is 2.33. The average Bonchev–Trinajstić information content (AvgIpc) is 3.13. The Labute approximate surface area is 137 Å². The van der Waals surface area contributed by atoms with Gasteiger partial charge >= 0.3 is 5.97 Å². The molecule has 0 fully saturated rings. The van der Waals surface area contributed by atoms with Gasteiger partial charge in [0.15, 0.2) is 0 Å². The summed E-state index contributed by atoms with van der Waals surface area (Å²) in [5.41, 5.74) is 1.36. The van der Waals surface area contributed by atoms with Crippen LogP contribution in [0.1, 0.15) is 17.3 Å². The molecule has 1 atom stereocenters. The van der Waals surface area contributed by atoms with E-state index in [0.29, 0.717) is 16.4 Å². The summed E-state index contributed by atoms with van der Waals surface area (Å²) in [5.74, 6) is -0.868. The van der Waals surface area contributed by atoms with E-state index in [-0.39, 0.29) is 17.8 Å². The Hall–Kier alpha value is -1.79. The number of hydrogen-bond acceptors (Lipinski definition) is 4. The van der Waals surface area contributed by atoms with Crippen LogP contribution in [0.25, 0.3) is 10.4 Å². The predicted molar refractivity (Wildman–Crippen MR) is 87.3 cm³/mol. The van der Waals surface area contributed by atoms with Crippen LogP contribution in [0.15, 0.2) is 24.5 Å². The van der Waals surface area contributed by atoms with Gasteiger partial charge in [-0.2, -0.15) is 0 Å². The number of amides is 1. The Morgan fingerprint density at radius 2 is 2.14 bits per heavy atom. The van der Waals surface area contributed by atoms with E-state index in [9.17, 15) is 9.59 Å². The van der Waals surface area contributed by atoms with E-state index in [1.165, 1.54) is 23.3 Å². The molecule has 2 aromatic rings. The van der Waals surface area contributed by atoms with Crippen LogP contribution < -0.4 is 0 Å². The monoisotopic (exact) mass is 340 g/mol. The second-order valence-electron chi connectivity index (χ2n) is 5.00. The molecule has 0 saturated carbocycles. The molecule has 1 amide bonds. The van der Waals surface area contributed by atoms with Crippen molar-refractivity contribution >= 4 is 34.8 Å². The van der Waals surface area contributed by atoms with Crippen LogP contribution in [-0.2, 0) is 9.53 Å². The molecule has 2 heterocycles. The standard InChI is InChI=1S/C15H17ClN2O3S/c1-9(15(20)21-3)8-18(2)14(19)11-7-17-6-10(11)12-4-5-13(16)22-12/h4-7,9,17H,8H2,1-3H3/t9-/m0/s1. The summed E-state index contributed by atoms with van der Waals surface area (Å²) >= 11 is 7.36. The van der Waals surface area contributed by atoms with Gasteiger partial charge in [0.1, 0.15) is 0 Å². The van der Waals surface area contributed by atoms with E-state index in [1.807, 2.05) is 6.07 Å². The van der Waals surface area contributed by atoms with Gasteiger partial charge in [0.2, 0.25) is 0 Å². The third-order valence-corrected chi connectivity index (χ3v) is 4.58. The average molecular weight is 341 g/mol. The third-order valence-electron chi connectivity index (χ3n) is 3.31. The number of halogens is 1. The molecule has 0 bridgehead atoms. The van der Waals surface area contributed by atoms with Crippen molar-refractivity contribution in [2.75, 3.05) is 20.7 Å². The first-order chi connectivity index (χ1) is 10.4. The second-order valence-corrected chi connectivity index (χ2v) is 6.71. The summed E-state index contributed by atoms with van der Waals surface area (Å²) in [6.07, 6.45) is 3.43. The molecule has 0 aliphatic heterocycles. The van der Waals surface area contributed by atoms with Gasteiger partial charge in [0, 0.05) is 36.4 Å². The minimum Gasteiger partial charge on any atom is -0.469 e. The van der Waals surface area contributed by atoms with Crippen molar-refractivity contribution in [1.82, 2.24) is 9.88 Å². The second kappa shape index (κ2) is 6.98. The molecular formula is C15H17ClN2O3S. The molecule has 118 valence electrons. The van der Waals surface area contributed by atoms with E-state index in [2.05, 4.69) is 9.72 Å². The summed E-state index contributed by atoms with van der Waals surface area (Å²) in [7, 11) is 3.01. The SMILES string of the molecule is COC(=O)[C@@H](C)CN(C)C(=O)c1c[nH]cc1-c1ccc(Cl)s1. The number of esters is 1. The molecule has 1 N–H and O–H groups in total. The zero-order valence-electron chi connectivity index (χ0n) is 12.6. The van der Waals surface area contributed by atoms with Gasteiger partial charge in [0.25, 0.3) is 5.91 Å². The first-order valence-electron chi connectivity index (χ1n) is 6.69. The fraction of sp³-hybridized carbons (Fsp3) is 0.333. The van der Waals surface area contributed by atoms with Gasteiger partial charge in [0.05, 0.1) is 22.9 Å². The van der Waals surface area contributed by atoms with E-state index in [0.717, 1.165) is 10.4 Å². The van der Waals surface area contributed by atoms with Crippen molar-refractivity contribution < 1.29 is 14.3 Å². The Bertz CT molecular complexity index is 680. The number of ether oxygens (including phenoxy) is 1.